The molecule has 0 radical (unpaired) electrons. The maximum Gasteiger partial charge on any atom is 1.00 e. The molecule has 0 aliphatic carbocycles. The van der Waals surface area contributed by atoms with E-state index in [1.54, 1.807) is 0 Å². The van der Waals surface area contributed by atoms with Crippen molar-refractivity contribution >= 4 is 14.3 Å². The first-order valence-corrected chi connectivity index (χ1v) is 2.16. The van der Waals surface area contributed by atoms with Gasteiger partial charge in [-0.15, -0.1) is 0 Å². The average Bonchev–Trinajstić information content (AvgIpc) is 1.86. The largest absolute Gasteiger partial charge is 1.00 e. The van der Waals surface area contributed by atoms with E-state index in [-0.39, 0.29) is 43.9 Å². The van der Waals surface area contributed by atoms with Gasteiger partial charge in [-0.3, -0.25) is 4.79 Å². The van der Waals surface area contributed by atoms with Gasteiger partial charge in [-0.2, -0.15) is 0 Å². The van der Waals surface area contributed by atoms with Crippen LogP contribution in [-0.4, -0.2) is 20.9 Å². The molecule has 1 amide bonds. The van der Waals surface area contributed by atoms with E-state index >= 15 is 0 Å². The minimum Gasteiger partial charge on any atom is -0.356 e. The summed E-state index contributed by atoms with van der Waals surface area (Å²) in [7, 11) is 0. The van der Waals surface area contributed by atoms with Gasteiger partial charge in [0.1, 0.15) is 0 Å². The van der Waals surface area contributed by atoms with Crippen molar-refractivity contribution in [3.8, 4) is 0 Å². The number of carbonyl (C=O) groups excluding carboxylic acids is 1. The maximum atomic E-state index is 10.1. The zero-order valence-electron chi connectivity index (χ0n) is 4.53. The van der Waals surface area contributed by atoms with Gasteiger partial charge in [0.05, 0.1) is 0 Å². The molecule has 1 heterocycles. The van der Waals surface area contributed by atoms with Crippen LogP contribution in [0.1, 0.15) is 12.8 Å². The molecule has 2 nitrogen and oxygen atoms in total. The minimum absolute atomic E-state index is 0. The summed E-state index contributed by atoms with van der Waals surface area (Å²) in [4.78, 5) is 10.1. The van der Waals surface area contributed by atoms with Crippen LogP contribution in [0.5, 0.6) is 0 Å². The van der Waals surface area contributed by atoms with Gasteiger partial charge in [-0.05, 0) is 6.42 Å². The molecule has 0 aromatic rings. The monoisotopic (exact) mass is 123 g/mol. The molecule has 1 aliphatic heterocycles. The molecule has 1 aliphatic rings. The van der Waals surface area contributed by atoms with Crippen LogP contribution >= 0.6 is 0 Å². The summed E-state index contributed by atoms with van der Waals surface area (Å²) in [5, 5.41) is 2.68. The topological polar surface area (TPSA) is 29.1 Å². The van der Waals surface area contributed by atoms with E-state index in [9.17, 15) is 4.79 Å². The van der Waals surface area contributed by atoms with Gasteiger partial charge in [-0.1, -0.05) is 8.41 Å². The molecule has 4 heteroatoms. The van der Waals surface area contributed by atoms with E-state index in [1.807, 2.05) is 0 Å². The second-order valence-corrected chi connectivity index (χ2v) is 1.45. The molecule has 0 aromatic carbocycles. The Labute approximate surface area is 73.3 Å². The Morgan fingerprint density at radius 3 is 2.25 bits per heavy atom. The van der Waals surface area contributed by atoms with Crippen LogP contribution in [-0.2, 0) is 4.79 Å². The first-order valence-electron chi connectivity index (χ1n) is 2.16. The molecule has 1 fully saturated rings. The van der Waals surface area contributed by atoms with Crippen LogP contribution in [0, 0.1) is 0 Å². The Morgan fingerprint density at radius 2 is 2.12 bits per heavy atom. The molecule has 0 unspecified atom stereocenters. The number of amides is 1. The summed E-state index contributed by atoms with van der Waals surface area (Å²) in [6, 6.07) is 0. The van der Waals surface area contributed by atoms with E-state index in [2.05, 4.69) is 5.32 Å². The molecule has 8 heavy (non-hydrogen) atoms. The first-order chi connectivity index (χ1) is 2.89. The number of hydrogen-bond acceptors (Lipinski definition) is 1. The third kappa shape index (κ3) is 3.53. The molecular formula is C4H11BNNaO. The number of hydrogen-bond donors (Lipinski definition) is 1. The van der Waals surface area contributed by atoms with E-state index in [0.717, 1.165) is 19.4 Å². The van der Waals surface area contributed by atoms with Crippen LogP contribution in [0.15, 0.2) is 0 Å². The quantitative estimate of drug-likeness (QED) is 0.323. The predicted molar refractivity (Wildman–Crippen MR) is 33.6 cm³/mol. The molecule has 42 valence electrons. The fraction of sp³-hybridized carbons (Fsp3) is 0.750. The summed E-state index contributed by atoms with van der Waals surface area (Å²) in [6.07, 6.45) is 1.76. The normalized spacial score (nSPS) is 15.8. The fourth-order valence-electron chi connectivity index (χ4n) is 0.565. The van der Waals surface area contributed by atoms with Crippen LogP contribution in [0.2, 0.25) is 0 Å². The summed E-state index contributed by atoms with van der Waals surface area (Å²) in [5.74, 6) is 0.204. The smallest absolute Gasteiger partial charge is 0.356 e. The van der Waals surface area contributed by atoms with Crippen molar-refractivity contribution in [2.75, 3.05) is 6.54 Å². The zero-order chi connectivity index (χ0) is 4.41. The van der Waals surface area contributed by atoms with Gasteiger partial charge in [0.15, 0.2) is 0 Å². The second kappa shape index (κ2) is 5.67. The van der Waals surface area contributed by atoms with Crippen LogP contribution in [0.4, 0.5) is 0 Å². The Bertz CT molecular complexity index is 70.4. The van der Waals surface area contributed by atoms with Gasteiger partial charge >= 0.3 is 29.6 Å². The summed E-state index contributed by atoms with van der Waals surface area (Å²) >= 11 is 0. The van der Waals surface area contributed by atoms with Crippen molar-refractivity contribution in [3.63, 3.8) is 0 Å². The van der Waals surface area contributed by atoms with Gasteiger partial charge in [-0.25, -0.2) is 0 Å². The number of carbonyl (C=O) groups is 1. The Morgan fingerprint density at radius 1 is 1.50 bits per heavy atom. The van der Waals surface area contributed by atoms with Gasteiger partial charge < -0.3 is 5.32 Å². The molecular weight excluding hydrogens is 112 g/mol. The molecule has 0 spiro atoms. The molecule has 0 aromatic heterocycles. The van der Waals surface area contributed by atoms with Crippen LogP contribution < -0.4 is 34.9 Å². The Kier molecular flexibility index (Phi) is 8.04. The van der Waals surface area contributed by atoms with Crippen LogP contribution in [0.3, 0.4) is 0 Å². The minimum atomic E-state index is 0. The Balaban J connectivity index is 0. The standard InChI is InChI=1S/C4H7NO.BH4.Na/c6-4-2-1-3-5-4;;/h1-3H2,(H,5,6);1H4;/q;-1;+1. The van der Waals surface area contributed by atoms with Gasteiger partial charge in [0.25, 0.3) is 0 Å². The van der Waals surface area contributed by atoms with Crippen molar-refractivity contribution < 1.29 is 34.4 Å². The van der Waals surface area contributed by atoms with E-state index in [4.69, 9.17) is 0 Å². The Hall–Kier alpha value is 0.535. The molecule has 1 rings (SSSR count). The third-order valence-corrected chi connectivity index (χ3v) is 0.903. The SMILES string of the molecule is O=C1CCCN1.[BH4-].[Na+]. The summed E-state index contributed by atoms with van der Waals surface area (Å²) in [6.45, 7) is 0.888. The van der Waals surface area contributed by atoms with E-state index < -0.39 is 0 Å². The fourth-order valence-corrected chi connectivity index (χ4v) is 0.565. The number of nitrogens with one attached hydrogen (secondary N) is 1. The zero-order valence-corrected chi connectivity index (χ0v) is 6.53. The van der Waals surface area contributed by atoms with E-state index in [0.29, 0.717) is 0 Å². The van der Waals surface area contributed by atoms with Crippen molar-refractivity contribution in [1.29, 1.82) is 0 Å². The molecule has 1 N–H and O–H groups in total. The molecule has 0 atom stereocenters. The first kappa shape index (κ1) is 11.3. The van der Waals surface area contributed by atoms with Crippen LogP contribution in [0.25, 0.3) is 0 Å². The van der Waals surface area contributed by atoms with E-state index in [1.165, 1.54) is 0 Å². The molecule has 1 saturated heterocycles. The predicted octanol–water partition coefficient (Wildman–Crippen LogP) is -4.55. The average molecular weight is 123 g/mol. The molecule has 0 bridgehead atoms. The molecule has 0 saturated carbocycles. The van der Waals surface area contributed by atoms with Crippen molar-refractivity contribution in [2.45, 2.75) is 12.8 Å². The van der Waals surface area contributed by atoms with Crippen molar-refractivity contribution in [2.24, 2.45) is 0 Å². The summed E-state index contributed by atoms with van der Waals surface area (Å²) < 4.78 is 0. The number of rotatable bonds is 0. The maximum absolute atomic E-state index is 10.1. The van der Waals surface area contributed by atoms with Crippen molar-refractivity contribution in [1.82, 2.24) is 5.32 Å². The summed E-state index contributed by atoms with van der Waals surface area (Å²) in [5.41, 5.74) is 0. The van der Waals surface area contributed by atoms with Gasteiger partial charge in [0, 0.05) is 13.0 Å². The third-order valence-electron chi connectivity index (χ3n) is 0.903. The second-order valence-electron chi connectivity index (χ2n) is 1.45. The van der Waals surface area contributed by atoms with Gasteiger partial charge in [0.2, 0.25) is 5.91 Å². The van der Waals surface area contributed by atoms with Crippen molar-refractivity contribution in [3.05, 3.63) is 0 Å².